The molecule has 5 N–H and O–H groups in total. The van der Waals surface area contributed by atoms with Crippen LogP contribution in [0.15, 0.2) is 85.1 Å². The van der Waals surface area contributed by atoms with E-state index in [1.165, 1.54) is 18.2 Å². The Kier molecular flexibility index (Phi) is 10.1. The fourth-order valence-corrected chi connectivity index (χ4v) is 5.58. The van der Waals surface area contributed by atoms with Crippen LogP contribution in [0.4, 0.5) is 14.6 Å². The Morgan fingerprint density at radius 3 is 2.40 bits per heavy atom. The van der Waals surface area contributed by atoms with E-state index >= 15 is 0 Å². The van der Waals surface area contributed by atoms with E-state index in [-0.39, 0.29) is 25.2 Å². The Morgan fingerprint density at radius 1 is 1.00 bits per heavy atom. The molecule has 0 radical (unpaired) electrons. The maximum absolute atomic E-state index is 14.6. The first-order chi connectivity index (χ1) is 21.6. The number of para-hydroxylation sites is 1. The molecule has 8 nitrogen and oxygen atoms in total. The topological polar surface area (TPSA) is 121 Å². The highest BCUT2D eigenvalue weighted by Gasteiger charge is 2.35. The van der Waals surface area contributed by atoms with E-state index in [1.54, 1.807) is 24.3 Å². The van der Waals surface area contributed by atoms with Crippen LogP contribution in [0.25, 0.3) is 11.1 Å². The van der Waals surface area contributed by atoms with E-state index in [4.69, 9.17) is 10.5 Å². The molecule has 5 unspecified atom stereocenters. The molecule has 3 aromatic carbocycles. The summed E-state index contributed by atoms with van der Waals surface area (Å²) in [7, 11) is 3.86. The third-order valence-corrected chi connectivity index (χ3v) is 8.19. The second-order valence-corrected chi connectivity index (χ2v) is 11.7. The number of benzene rings is 3. The summed E-state index contributed by atoms with van der Waals surface area (Å²) in [4.78, 5) is 20.1. The summed E-state index contributed by atoms with van der Waals surface area (Å²) in [6, 6.07) is 20.5. The number of fused-ring (bicyclic) bond motifs is 1. The summed E-state index contributed by atoms with van der Waals surface area (Å²) in [5, 5.41) is 24.6. The van der Waals surface area contributed by atoms with Gasteiger partial charge in [0, 0.05) is 43.4 Å². The monoisotopic (exact) mass is 616 g/mol. The molecule has 236 valence electrons. The number of hydrogen-bond donors (Lipinski definition) is 4. The molecule has 0 saturated carbocycles. The third kappa shape index (κ3) is 7.65. The highest BCUT2D eigenvalue weighted by Crippen LogP contribution is 2.35. The number of ether oxygens (including phenoxy) is 1. The van der Waals surface area contributed by atoms with Gasteiger partial charge in [0.1, 0.15) is 24.3 Å². The average molecular weight is 617 g/mol. The molecule has 1 aliphatic heterocycles. The lowest BCUT2D eigenvalue weighted by molar-refractivity contribution is -0.128. The number of halogens is 2. The largest absolute Gasteiger partial charge is 0.487 e. The third-order valence-electron chi connectivity index (χ3n) is 8.19. The van der Waals surface area contributed by atoms with Crippen molar-refractivity contribution in [3.63, 3.8) is 0 Å². The van der Waals surface area contributed by atoms with Crippen LogP contribution in [-0.2, 0) is 17.6 Å². The summed E-state index contributed by atoms with van der Waals surface area (Å²) in [5.41, 5.74) is 9.91. The van der Waals surface area contributed by atoms with E-state index in [2.05, 4.69) is 10.3 Å². The molecule has 10 heteroatoms. The van der Waals surface area contributed by atoms with E-state index in [1.807, 2.05) is 61.6 Å². The van der Waals surface area contributed by atoms with Crippen molar-refractivity contribution in [3.05, 3.63) is 113 Å². The molecular weight excluding hydrogens is 578 g/mol. The molecule has 1 aliphatic rings. The Labute approximate surface area is 261 Å². The van der Waals surface area contributed by atoms with Gasteiger partial charge in [0.15, 0.2) is 11.6 Å². The van der Waals surface area contributed by atoms with Gasteiger partial charge in [-0.2, -0.15) is 0 Å². The van der Waals surface area contributed by atoms with Crippen LogP contribution >= 0.6 is 0 Å². The van der Waals surface area contributed by atoms with E-state index < -0.39 is 47.8 Å². The van der Waals surface area contributed by atoms with Crippen molar-refractivity contribution < 1.29 is 28.5 Å². The van der Waals surface area contributed by atoms with Crippen molar-refractivity contribution in [1.29, 1.82) is 0 Å². The van der Waals surface area contributed by atoms with Gasteiger partial charge in [0.2, 0.25) is 5.91 Å². The van der Waals surface area contributed by atoms with Gasteiger partial charge in [-0.3, -0.25) is 4.79 Å². The Hall–Kier alpha value is -4.38. The smallest absolute Gasteiger partial charge is 0.224 e. The molecule has 1 aromatic heterocycles. The highest BCUT2D eigenvalue weighted by molar-refractivity contribution is 5.80. The summed E-state index contributed by atoms with van der Waals surface area (Å²) < 4.78 is 34.4. The predicted molar refractivity (Wildman–Crippen MR) is 169 cm³/mol. The van der Waals surface area contributed by atoms with Crippen molar-refractivity contribution in [2.75, 3.05) is 25.6 Å². The van der Waals surface area contributed by atoms with Crippen molar-refractivity contribution >= 4 is 11.7 Å². The van der Waals surface area contributed by atoms with Gasteiger partial charge in [-0.25, -0.2) is 13.8 Å². The Balaban J connectivity index is 1.29. The first kappa shape index (κ1) is 32.0. The molecule has 4 aromatic rings. The summed E-state index contributed by atoms with van der Waals surface area (Å²) in [6.45, 7) is -0.207. The van der Waals surface area contributed by atoms with Gasteiger partial charge in [0.05, 0.1) is 12.1 Å². The molecule has 0 saturated heterocycles. The molecule has 5 atom stereocenters. The van der Waals surface area contributed by atoms with Crippen LogP contribution < -0.4 is 20.7 Å². The zero-order valence-corrected chi connectivity index (χ0v) is 25.2. The highest BCUT2D eigenvalue weighted by atomic mass is 19.1. The number of anilines is 1. The number of rotatable bonds is 11. The molecule has 0 bridgehead atoms. The number of pyridine rings is 1. The number of carbonyl (C=O) groups excluding carboxylic acids is 1. The van der Waals surface area contributed by atoms with Crippen LogP contribution in [0.3, 0.4) is 0 Å². The number of nitrogens with zero attached hydrogens (tertiary/aromatic N) is 2. The Morgan fingerprint density at radius 2 is 1.71 bits per heavy atom. The van der Waals surface area contributed by atoms with Crippen molar-refractivity contribution in [2.45, 2.75) is 43.6 Å². The van der Waals surface area contributed by atoms with Gasteiger partial charge >= 0.3 is 0 Å². The molecule has 2 heterocycles. The van der Waals surface area contributed by atoms with Crippen LogP contribution in [0.1, 0.15) is 29.2 Å². The number of aliphatic hydroxyl groups is 2. The molecular formula is C35H38F2N4O4. The van der Waals surface area contributed by atoms with Gasteiger partial charge in [-0.1, -0.05) is 54.6 Å². The first-order valence-corrected chi connectivity index (χ1v) is 14.9. The number of hydrogen-bond acceptors (Lipinski definition) is 7. The minimum Gasteiger partial charge on any atom is -0.487 e. The molecule has 0 aliphatic carbocycles. The maximum atomic E-state index is 14.6. The average Bonchev–Trinajstić information content (AvgIpc) is 3.03. The van der Waals surface area contributed by atoms with Crippen molar-refractivity contribution in [2.24, 2.45) is 11.7 Å². The van der Waals surface area contributed by atoms with E-state index in [0.717, 1.165) is 22.5 Å². The zero-order valence-electron chi connectivity index (χ0n) is 25.2. The van der Waals surface area contributed by atoms with E-state index in [9.17, 15) is 23.8 Å². The summed E-state index contributed by atoms with van der Waals surface area (Å²) in [6.07, 6.45) is -0.132. The lowest BCUT2D eigenvalue weighted by atomic mass is 9.88. The molecule has 5 rings (SSSR count). The van der Waals surface area contributed by atoms with E-state index in [0.29, 0.717) is 17.5 Å². The lowest BCUT2D eigenvalue weighted by Gasteiger charge is -2.33. The van der Waals surface area contributed by atoms with Crippen LogP contribution in [0, 0.1) is 17.6 Å². The second-order valence-electron chi connectivity index (χ2n) is 11.7. The minimum atomic E-state index is -1.13. The van der Waals surface area contributed by atoms with Crippen LogP contribution in [0.2, 0.25) is 0 Å². The second kappa shape index (κ2) is 14.2. The summed E-state index contributed by atoms with van der Waals surface area (Å²) >= 11 is 0. The fraction of sp³-hybridized carbons (Fsp3) is 0.314. The fourth-order valence-electron chi connectivity index (χ4n) is 5.58. The van der Waals surface area contributed by atoms with Gasteiger partial charge < -0.3 is 30.9 Å². The standard InChI is InChI=1S/C35H38F2N4O4/c1-41(2)32-15-14-24(19-39-32)22-12-10-21(11-13-22)16-29(38)30(42)18-25(17-23-6-3-4-8-27(23)36)35(44)40-33-26-7-5-9-28(37)34(26)45-20-31(33)43/h3-15,19,25,29-31,33,42-43H,16-18,20,38H2,1-2H3,(H,40,44). The van der Waals surface area contributed by atoms with Crippen molar-refractivity contribution in [3.8, 4) is 16.9 Å². The Bertz CT molecular complexity index is 1600. The number of nitrogens with two attached hydrogens (primary N) is 1. The molecule has 45 heavy (non-hydrogen) atoms. The first-order valence-electron chi connectivity index (χ1n) is 14.9. The normalized spacial score (nSPS) is 17.8. The van der Waals surface area contributed by atoms with Crippen molar-refractivity contribution in [1.82, 2.24) is 10.3 Å². The number of aliphatic hydroxyl groups excluding tert-OH is 2. The quantitative estimate of drug-likeness (QED) is 0.200. The minimum absolute atomic E-state index is 0.00699. The van der Waals surface area contributed by atoms with Crippen LogP contribution in [0.5, 0.6) is 5.75 Å². The number of carbonyl (C=O) groups is 1. The number of aromatic nitrogens is 1. The molecule has 0 fully saturated rings. The molecule has 1 amide bonds. The number of amides is 1. The van der Waals surface area contributed by atoms with Gasteiger partial charge in [0.25, 0.3) is 0 Å². The van der Waals surface area contributed by atoms with Gasteiger partial charge in [-0.05, 0) is 60.2 Å². The molecule has 0 spiro atoms. The number of nitrogens with one attached hydrogen (secondary N) is 1. The lowest BCUT2D eigenvalue weighted by Crippen LogP contribution is -2.46. The van der Waals surface area contributed by atoms with Crippen LogP contribution in [-0.4, -0.2) is 60.1 Å². The predicted octanol–water partition coefficient (Wildman–Crippen LogP) is 4.18. The van der Waals surface area contributed by atoms with Gasteiger partial charge in [-0.15, -0.1) is 0 Å². The maximum Gasteiger partial charge on any atom is 0.224 e. The summed E-state index contributed by atoms with van der Waals surface area (Å²) in [5.74, 6) is -1.67. The SMILES string of the molecule is CN(C)c1ccc(-c2ccc(CC(N)C(O)CC(Cc3ccccc3F)C(=O)NC3c4cccc(F)c4OCC3O)cc2)cn1. The zero-order chi connectivity index (χ0) is 32.1.